The first-order valence-electron chi connectivity index (χ1n) is 10.3. The van der Waals surface area contributed by atoms with Gasteiger partial charge in [0.2, 0.25) is 5.82 Å². The Morgan fingerprint density at radius 3 is 2.21 bits per heavy atom. The van der Waals surface area contributed by atoms with Crippen LogP contribution in [-0.2, 0) is 17.5 Å². The van der Waals surface area contributed by atoms with Crippen LogP contribution in [0.1, 0.15) is 11.1 Å². The Kier molecular flexibility index (Phi) is 6.47. The van der Waals surface area contributed by atoms with Crippen molar-refractivity contribution >= 4 is 5.97 Å². The third-order valence-electron chi connectivity index (χ3n) is 5.17. The van der Waals surface area contributed by atoms with Crippen LogP contribution < -0.4 is 0 Å². The van der Waals surface area contributed by atoms with E-state index < -0.39 is 17.7 Å². The van der Waals surface area contributed by atoms with E-state index in [1.165, 1.54) is 12.1 Å². The molecule has 0 fully saturated rings. The van der Waals surface area contributed by atoms with Crippen molar-refractivity contribution in [2.24, 2.45) is 0 Å². The predicted octanol–water partition coefficient (Wildman–Crippen LogP) is 5.61. The number of aliphatic carboxylic acids is 1. The highest BCUT2D eigenvalue weighted by Gasteiger charge is 2.33. The number of halogens is 3. The normalized spacial score (nSPS) is 11.7. The number of hydrogen-bond donors (Lipinski definition) is 1. The zero-order valence-corrected chi connectivity index (χ0v) is 18.1. The second-order valence-electron chi connectivity index (χ2n) is 7.81. The van der Waals surface area contributed by atoms with Gasteiger partial charge in [0.1, 0.15) is 0 Å². The van der Waals surface area contributed by atoms with Gasteiger partial charge in [-0.2, -0.15) is 18.2 Å². The summed E-state index contributed by atoms with van der Waals surface area (Å²) in [6.45, 7) is 0.421. The summed E-state index contributed by atoms with van der Waals surface area (Å²) >= 11 is 0. The summed E-state index contributed by atoms with van der Waals surface area (Å²) in [6, 6.07) is 19.2. The molecule has 174 valence electrons. The van der Waals surface area contributed by atoms with Gasteiger partial charge in [-0.1, -0.05) is 59.8 Å². The number of likely N-dealkylation sites (N-methyl/N-ethyl adjacent to an activating group) is 1. The molecule has 1 heterocycles. The Hall–Kier alpha value is -3.98. The van der Waals surface area contributed by atoms with Crippen molar-refractivity contribution in [3.8, 4) is 34.0 Å². The predicted molar refractivity (Wildman–Crippen MR) is 120 cm³/mol. The number of carboxylic acid groups (broad SMARTS) is 1. The van der Waals surface area contributed by atoms with Gasteiger partial charge in [0.15, 0.2) is 0 Å². The smallest absolute Gasteiger partial charge is 0.417 e. The van der Waals surface area contributed by atoms with E-state index >= 15 is 0 Å². The molecule has 0 saturated carbocycles. The molecule has 0 spiro atoms. The molecule has 1 aromatic heterocycles. The van der Waals surface area contributed by atoms with E-state index in [2.05, 4.69) is 10.1 Å². The number of hydrogen-bond acceptors (Lipinski definition) is 5. The van der Waals surface area contributed by atoms with Crippen molar-refractivity contribution in [1.82, 2.24) is 15.0 Å². The molecule has 34 heavy (non-hydrogen) atoms. The molecule has 0 radical (unpaired) electrons. The number of carboxylic acids is 1. The number of carbonyl (C=O) groups is 1. The third kappa shape index (κ3) is 5.32. The van der Waals surface area contributed by atoms with Crippen LogP contribution in [0.2, 0.25) is 0 Å². The second kappa shape index (κ2) is 9.48. The van der Waals surface area contributed by atoms with Crippen LogP contribution >= 0.6 is 0 Å². The van der Waals surface area contributed by atoms with E-state index in [-0.39, 0.29) is 18.0 Å². The van der Waals surface area contributed by atoms with E-state index in [1.54, 1.807) is 42.3 Å². The van der Waals surface area contributed by atoms with Crippen LogP contribution in [0, 0.1) is 0 Å². The lowest BCUT2D eigenvalue weighted by Crippen LogP contribution is -2.25. The first kappa shape index (κ1) is 23.2. The van der Waals surface area contributed by atoms with E-state index in [9.17, 15) is 18.0 Å². The Balaban J connectivity index is 1.50. The number of alkyl halides is 3. The molecular weight excluding hydrogens is 447 g/mol. The summed E-state index contributed by atoms with van der Waals surface area (Å²) in [5.74, 6) is -0.279. The molecule has 0 bridgehead atoms. The highest BCUT2D eigenvalue weighted by Crippen LogP contribution is 2.37. The molecule has 1 N–H and O–H groups in total. The Morgan fingerprint density at radius 1 is 0.941 bits per heavy atom. The van der Waals surface area contributed by atoms with Crippen molar-refractivity contribution in [3.63, 3.8) is 0 Å². The van der Waals surface area contributed by atoms with Gasteiger partial charge in [-0.25, -0.2) is 0 Å². The zero-order valence-electron chi connectivity index (χ0n) is 18.1. The third-order valence-corrected chi connectivity index (χ3v) is 5.17. The fourth-order valence-electron chi connectivity index (χ4n) is 3.59. The second-order valence-corrected chi connectivity index (χ2v) is 7.81. The van der Waals surface area contributed by atoms with Gasteiger partial charge in [-0.15, -0.1) is 0 Å². The quantitative estimate of drug-likeness (QED) is 0.381. The first-order chi connectivity index (χ1) is 16.2. The summed E-state index contributed by atoms with van der Waals surface area (Å²) in [5, 5.41) is 12.9. The average molecular weight is 467 g/mol. The minimum absolute atomic E-state index is 0.0590. The minimum Gasteiger partial charge on any atom is -0.480 e. The fraction of sp³-hybridized carbons (Fsp3) is 0.160. The van der Waals surface area contributed by atoms with Crippen LogP contribution in [0.25, 0.3) is 34.0 Å². The molecule has 9 heteroatoms. The van der Waals surface area contributed by atoms with Crippen LogP contribution in [0.5, 0.6) is 0 Å². The van der Waals surface area contributed by atoms with Crippen molar-refractivity contribution in [1.29, 1.82) is 0 Å². The van der Waals surface area contributed by atoms with Gasteiger partial charge in [0.25, 0.3) is 5.89 Å². The van der Waals surface area contributed by atoms with E-state index in [0.717, 1.165) is 17.2 Å². The van der Waals surface area contributed by atoms with E-state index in [0.29, 0.717) is 23.5 Å². The van der Waals surface area contributed by atoms with Gasteiger partial charge in [0, 0.05) is 17.7 Å². The largest absolute Gasteiger partial charge is 0.480 e. The van der Waals surface area contributed by atoms with Crippen molar-refractivity contribution in [2.45, 2.75) is 12.7 Å². The Morgan fingerprint density at radius 2 is 1.56 bits per heavy atom. The maximum absolute atomic E-state index is 13.3. The summed E-state index contributed by atoms with van der Waals surface area (Å²) < 4.78 is 45.3. The minimum atomic E-state index is -4.45. The van der Waals surface area contributed by atoms with E-state index in [1.807, 2.05) is 24.3 Å². The molecule has 3 aromatic carbocycles. The van der Waals surface area contributed by atoms with Crippen molar-refractivity contribution < 1.29 is 27.6 Å². The molecule has 0 saturated heterocycles. The summed E-state index contributed by atoms with van der Waals surface area (Å²) in [6.07, 6.45) is -4.45. The average Bonchev–Trinajstić information content (AvgIpc) is 3.29. The molecule has 0 aliphatic rings. The van der Waals surface area contributed by atoms with Crippen LogP contribution in [0.4, 0.5) is 13.2 Å². The fourth-order valence-corrected chi connectivity index (χ4v) is 3.59. The maximum Gasteiger partial charge on any atom is 0.417 e. The Labute approximate surface area is 193 Å². The lowest BCUT2D eigenvalue weighted by Gasteiger charge is -2.13. The number of rotatable bonds is 7. The van der Waals surface area contributed by atoms with Crippen molar-refractivity contribution in [3.05, 3.63) is 83.9 Å². The summed E-state index contributed by atoms with van der Waals surface area (Å²) in [7, 11) is 1.72. The Bertz CT molecular complexity index is 1280. The van der Waals surface area contributed by atoms with Gasteiger partial charge < -0.3 is 9.63 Å². The SMILES string of the molecule is CN(CC(=O)O)Cc1ccc(-c2noc(-c3ccc(-c4ccccc4C(F)(F)F)cc3)n2)cc1. The molecule has 0 aliphatic carbocycles. The number of nitrogens with zero attached hydrogens (tertiary/aromatic N) is 3. The molecular formula is C25H20F3N3O3. The molecule has 0 aliphatic heterocycles. The van der Waals surface area contributed by atoms with Crippen LogP contribution in [0.15, 0.2) is 77.3 Å². The monoisotopic (exact) mass is 467 g/mol. The molecule has 4 rings (SSSR count). The first-order valence-corrected chi connectivity index (χ1v) is 10.3. The van der Waals surface area contributed by atoms with Gasteiger partial charge in [-0.3, -0.25) is 9.69 Å². The number of benzene rings is 3. The molecule has 0 unspecified atom stereocenters. The van der Waals surface area contributed by atoms with Crippen LogP contribution in [-0.4, -0.2) is 39.7 Å². The standard InChI is InChI=1S/C25H20F3N3O3/c1-31(15-22(32)33)14-16-6-8-18(9-7-16)23-29-24(34-30-23)19-12-10-17(11-13-19)20-4-2-3-5-21(20)25(26,27)28/h2-13H,14-15H2,1H3,(H,32,33). The van der Waals surface area contributed by atoms with E-state index in [4.69, 9.17) is 9.63 Å². The summed E-state index contributed by atoms with van der Waals surface area (Å²) in [5.41, 5.74) is 2.07. The van der Waals surface area contributed by atoms with Crippen molar-refractivity contribution in [2.75, 3.05) is 13.6 Å². The highest BCUT2D eigenvalue weighted by atomic mass is 19.4. The molecule has 0 atom stereocenters. The molecule has 6 nitrogen and oxygen atoms in total. The number of aromatic nitrogens is 2. The lowest BCUT2D eigenvalue weighted by molar-refractivity contribution is -0.138. The summed E-state index contributed by atoms with van der Waals surface area (Å²) in [4.78, 5) is 16.9. The highest BCUT2D eigenvalue weighted by molar-refractivity contribution is 5.71. The zero-order chi connectivity index (χ0) is 24.3. The topological polar surface area (TPSA) is 79.5 Å². The van der Waals surface area contributed by atoms with Gasteiger partial charge >= 0.3 is 12.1 Å². The maximum atomic E-state index is 13.3. The molecule has 4 aromatic rings. The van der Waals surface area contributed by atoms with Gasteiger partial charge in [-0.05, 0) is 41.9 Å². The van der Waals surface area contributed by atoms with Gasteiger partial charge in [0.05, 0.1) is 12.1 Å². The molecule has 0 amide bonds. The van der Waals surface area contributed by atoms with Crippen LogP contribution in [0.3, 0.4) is 0 Å². The lowest BCUT2D eigenvalue weighted by atomic mass is 9.98.